The summed E-state index contributed by atoms with van der Waals surface area (Å²) in [6, 6.07) is 14.6. The van der Waals surface area contributed by atoms with E-state index in [4.69, 9.17) is 10.5 Å². The van der Waals surface area contributed by atoms with E-state index < -0.39 is 0 Å². The quantitative estimate of drug-likeness (QED) is 0.889. The van der Waals surface area contributed by atoms with Gasteiger partial charge in [0.25, 0.3) is 0 Å². The fourth-order valence-electron chi connectivity index (χ4n) is 1.93. The Bertz CT molecular complexity index is 531. The Morgan fingerprint density at radius 1 is 0.895 bits per heavy atom. The van der Waals surface area contributed by atoms with Crippen LogP contribution in [-0.2, 0) is 13.0 Å². The molecule has 2 rings (SSSR count). The molecule has 0 heterocycles. The molecule has 100 valence electrons. The molecule has 0 aromatic heterocycles. The second-order valence-electron chi connectivity index (χ2n) is 4.87. The summed E-state index contributed by atoms with van der Waals surface area (Å²) < 4.78 is 5.78. The smallest absolute Gasteiger partial charge is 0.119 e. The van der Waals surface area contributed by atoms with E-state index in [1.807, 2.05) is 6.07 Å². The summed E-state index contributed by atoms with van der Waals surface area (Å²) >= 11 is 0. The highest BCUT2D eigenvalue weighted by molar-refractivity contribution is 5.33. The summed E-state index contributed by atoms with van der Waals surface area (Å²) in [4.78, 5) is 0. The summed E-state index contributed by atoms with van der Waals surface area (Å²) in [5, 5.41) is 0. The first-order valence-corrected chi connectivity index (χ1v) is 6.67. The van der Waals surface area contributed by atoms with Crippen molar-refractivity contribution < 1.29 is 4.74 Å². The molecule has 2 N–H and O–H groups in total. The Balaban J connectivity index is 1.86. The predicted molar refractivity (Wildman–Crippen MR) is 79.4 cm³/mol. The molecular formula is C17H21NO. The molecule has 0 unspecified atom stereocenters. The van der Waals surface area contributed by atoms with Gasteiger partial charge in [-0.3, -0.25) is 0 Å². The van der Waals surface area contributed by atoms with E-state index in [1.165, 1.54) is 22.3 Å². The standard InChI is InChI=1S/C17H21NO/c1-13-3-8-17(11-14(13)2)19-10-9-15-4-6-16(12-18)7-5-15/h3-8,11H,9-10,12,18H2,1-2H3. The van der Waals surface area contributed by atoms with Crippen molar-refractivity contribution in [1.82, 2.24) is 0 Å². The van der Waals surface area contributed by atoms with Crippen molar-refractivity contribution in [3.63, 3.8) is 0 Å². The summed E-state index contributed by atoms with van der Waals surface area (Å²) in [7, 11) is 0. The van der Waals surface area contributed by atoms with Gasteiger partial charge in [0, 0.05) is 13.0 Å². The molecule has 0 bridgehead atoms. The third kappa shape index (κ3) is 3.83. The lowest BCUT2D eigenvalue weighted by atomic mass is 10.1. The third-order valence-corrected chi connectivity index (χ3v) is 3.40. The van der Waals surface area contributed by atoms with E-state index >= 15 is 0 Å². The first kappa shape index (κ1) is 13.6. The monoisotopic (exact) mass is 255 g/mol. The van der Waals surface area contributed by atoms with Crippen molar-refractivity contribution >= 4 is 0 Å². The van der Waals surface area contributed by atoms with Crippen LogP contribution in [0.4, 0.5) is 0 Å². The van der Waals surface area contributed by atoms with Gasteiger partial charge in [-0.2, -0.15) is 0 Å². The fourth-order valence-corrected chi connectivity index (χ4v) is 1.93. The predicted octanol–water partition coefficient (Wildman–Crippen LogP) is 3.38. The zero-order chi connectivity index (χ0) is 13.7. The van der Waals surface area contributed by atoms with Crippen molar-refractivity contribution in [3.8, 4) is 5.75 Å². The number of nitrogens with two attached hydrogens (primary N) is 1. The van der Waals surface area contributed by atoms with Gasteiger partial charge >= 0.3 is 0 Å². The number of hydrogen-bond acceptors (Lipinski definition) is 2. The zero-order valence-electron chi connectivity index (χ0n) is 11.6. The second kappa shape index (κ2) is 6.39. The summed E-state index contributed by atoms with van der Waals surface area (Å²) in [5.74, 6) is 0.946. The second-order valence-corrected chi connectivity index (χ2v) is 4.87. The van der Waals surface area contributed by atoms with Gasteiger partial charge in [-0.05, 0) is 48.2 Å². The van der Waals surface area contributed by atoms with E-state index in [1.54, 1.807) is 0 Å². The van der Waals surface area contributed by atoms with Gasteiger partial charge in [0.1, 0.15) is 5.75 Å². The van der Waals surface area contributed by atoms with Gasteiger partial charge < -0.3 is 10.5 Å². The number of rotatable bonds is 5. The average Bonchev–Trinajstić information content (AvgIpc) is 2.43. The zero-order valence-corrected chi connectivity index (χ0v) is 11.6. The number of ether oxygens (including phenoxy) is 1. The topological polar surface area (TPSA) is 35.2 Å². The van der Waals surface area contributed by atoms with Crippen LogP contribution in [0.2, 0.25) is 0 Å². The maximum atomic E-state index is 5.78. The highest BCUT2D eigenvalue weighted by Gasteiger charge is 1.98. The number of benzene rings is 2. The van der Waals surface area contributed by atoms with E-state index in [-0.39, 0.29) is 0 Å². The molecule has 0 saturated heterocycles. The van der Waals surface area contributed by atoms with E-state index in [2.05, 4.69) is 50.2 Å². The highest BCUT2D eigenvalue weighted by Crippen LogP contribution is 2.16. The molecular weight excluding hydrogens is 234 g/mol. The Morgan fingerprint density at radius 3 is 2.21 bits per heavy atom. The molecule has 0 radical (unpaired) electrons. The average molecular weight is 255 g/mol. The minimum absolute atomic E-state index is 0.597. The number of aryl methyl sites for hydroxylation is 2. The van der Waals surface area contributed by atoms with Crippen LogP contribution in [0, 0.1) is 13.8 Å². The molecule has 0 spiro atoms. The third-order valence-electron chi connectivity index (χ3n) is 3.40. The van der Waals surface area contributed by atoms with E-state index in [0.29, 0.717) is 13.2 Å². The minimum Gasteiger partial charge on any atom is -0.493 e. The molecule has 0 aliphatic heterocycles. The Hall–Kier alpha value is -1.80. The van der Waals surface area contributed by atoms with Gasteiger partial charge in [-0.1, -0.05) is 30.3 Å². The van der Waals surface area contributed by atoms with Gasteiger partial charge in [0.05, 0.1) is 6.61 Å². The van der Waals surface area contributed by atoms with Crippen LogP contribution in [0.25, 0.3) is 0 Å². The molecule has 2 heteroatoms. The van der Waals surface area contributed by atoms with Crippen molar-refractivity contribution in [2.75, 3.05) is 6.61 Å². The first-order valence-electron chi connectivity index (χ1n) is 6.67. The maximum Gasteiger partial charge on any atom is 0.119 e. The first-order chi connectivity index (χ1) is 9.19. The molecule has 0 atom stereocenters. The number of hydrogen-bond donors (Lipinski definition) is 1. The highest BCUT2D eigenvalue weighted by atomic mass is 16.5. The summed E-state index contributed by atoms with van der Waals surface area (Å²) in [6.07, 6.45) is 0.914. The van der Waals surface area contributed by atoms with Crippen molar-refractivity contribution in [2.24, 2.45) is 5.73 Å². The van der Waals surface area contributed by atoms with Crippen LogP contribution < -0.4 is 10.5 Å². The van der Waals surface area contributed by atoms with Crippen LogP contribution in [0.15, 0.2) is 42.5 Å². The van der Waals surface area contributed by atoms with Crippen LogP contribution in [0.1, 0.15) is 22.3 Å². The largest absolute Gasteiger partial charge is 0.493 e. The molecule has 2 aromatic rings. The van der Waals surface area contributed by atoms with Gasteiger partial charge in [-0.25, -0.2) is 0 Å². The summed E-state index contributed by atoms with van der Waals surface area (Å²) in [6.45, 7) is 5.51. The van der Waals surface area contributed by atoms with E-state index in [9.17, 15) is 0 Å². The Kier molecular flexibility index (Phi) is 4.58. The van der Waals surface area contributed by atoms with Crippen LogP contribution in [0.3, 0.4) is 0 Å². The Morgan fingerprint density at radius 2 is 1.58 bits per heavy atom. The molecule has 0 amide bonds. The molecule has 0 aliphatic carbocycles. The normalized spacial score (nSPS) is 10.5. The van der Waals surface area contributed by atoms with Gasteiger partial charge in [-0.15, -0.1) is 0 Å². The molecule has 19 heavy (non-hydrogen) atoms. The molecule has 2 aromatic carbocycles. The van der Waals surface area contributed by atoms with Crippen LogP contribution >= 0.6 is 0 Å². The lowest BCUT2D eigenvalue weighted by Crippen LogP contribution is -2.02. The van der Waals surface area contributed by atoms with Gasteiger partial charge in [0.2, 0.25) is 0 Å². The lowest BCUT2D eigenvalue weighted by molar-refractivity contribution is 0.321. The van der Waals surface area contributed by atoms with Crippen molar-refractivity contribution in [2.45, 2.75) is 26.8 Å². The van der Waals surface area contributed by atoms with E-state index in [0.717, 1.165) is 12.2 Å². The SMILES string of the molecule is Cc1ccc(OCCc2ccc(CN)cc2)cc1C. The van der Waals surface area contributed by atoms with Crippen LogP contribution in [-0.4, -0.2) is 6.61 Å². The minimum atomic E-state index is 0.597. The Labute approximate surface area is 115 Å². The van der Waals surface area contributed by atoms with Crippen molar-refractivity contribution in [3.05, 3.63) is 64.7 Å². The molecule has 0 aliphatic rings. The van der Waals surface area contributed by atoms with Crippen LogP contribution in [0.5, 0.6) is 5.75 Å². The molecule has 0 fully saturated rings. The summed E-state index contributed by atoms with van der Waals surface area (Å²) in [5.41, 5.74) is 10.6. The van der Waals surface area contributed by atoms with Gasteiger partial charge in [0.15, 0.2) is 0 Å². The van der Waals surface area contributed by atoms with Crippen molar-refractivity contribution in [1.29, 1.82) is 0 Å². The lowest BCUT2D eigenvalue weighted by Gasteiger charge is -2.08. The maximum absolute atomic E-state index is 5.78. The fraction of sp³-hybridized carbons (Fsp3) is 0.294. The molecule has 0 saturated carbocycles. The molecule has 2 nitrogen and oxygen atoms in total.